The molecule has 1 heterocycles. The van der Waals surface area contributed by atoms with Crippen LogP contribution in [0, 0.1) is 0 Å². The highest BCUT2D eigenvalue weighted by atomic mass is 35.5. The van der Waals surface area contributed by atoms with E-state index in [1.54, 1.807) is 0 Å². The molecule has 1 aromatic rings. The van der Waals surface area contributed by atoms with Crippen LogP contribution in [0.25, 0.3) is 0 Å². The van der Waals surface area contributed by atoms with Crippen molar-refractivity contribution in [2.24, 2.45) is 0 Å². The van der Waals surface area contributed by atoms with E-state index in [-0.39, 0.29) is 5.28 Å². The van der Waals surface area contributed by atoms with Gasteiger partial charge in [0.1, 0.15) is 6.33 Å². The molecular formula is C2H3ClN4. The number of nitrogens with two attached hydrogens (primary N) is 1. The number of nitrogens with zero attached hydrogens (tertiary/aromatic N) is 3. The van der Waals surface area contributed by atoms with E-state index in [9.17, 15) is 0 Å². The Labute approximate surface area is 44.9 Å². The number of hydrogen-bond acceptors (Lipinski definition) is 3. The average Bonchev–Trinajstić information content (AvgIpc) is 1.87. The monoisotopic (exact) mass is 118 g/mol. The van der Waals surface area contributed by atoms with Crippen molar-refractivity contribution in [3.05, 3.63) is 11.6 Å². The lowest BCUT2D eigenvalue weighted by Crippen LogP contribution is -2.07. The summed E-state index contributed by atoms with van der Waals surface area (Å²) in [4.78, 5) is 4.55. The second kappa shape index (κ2) is 1.38. The minimum Gasteiger partial charge on any atom is -0.322 e. The second-order valence-corrected chi connectivity index (χ2v) is 1.33. The highest BCUT2D eigenvalue weighted by Crippen LogP contribution is 1.91. The lowest BCUT2D eigenvalue weighted by molar-refractivity contribution is 0.830. The first-order chi connectivity index (χ1) is 3.29. The molecule has 0 aromatic carbocycles. The van der Waals surface area contributed by atoms with E-state index in [1.165, 1.54) is 6.33 Å². The van der Waals surface area contributed by atoms with Crippen LogP contribution in [0.2, 0.25) is 5.28 Å². The predicted octanol–water partition coefficient (Wildman–Crippen LogP) is -0.355. The van der Waals surface area contributed by atoms with Gasteiger partial charge < -0.3 is 5.84 Å². The summed E-state index contributed by atoms with van der Waals surface area (Å²) in [5.41, 5.74) is 0. The van der Waals surface area contributed by atoms with Crippen LogP contribution in [0.1, 0.15) is 0 Å². The number of halogens is 1. The maximum Gasteiger partial charge on any atom is 0.244 e. The first-order valence-electron chi connectivity index (χ1n) is 1.61. The Morgan fingerprint density at radius 1 is 1.86 bits per heavy atom. The lowest BCUT2D eigenvalue weighted by atomic mass is 11.3. The Balaban J connectivity index is 3.04. The quantitative estimate of drug-likeness (QED) is 0.474. The topological polar surface area (TPSA) is 56.7 Å². The van der Waals surface area contributed by atoms with E-state index in [2.05, 4.69) is 10.1 Å². The van der Waals surface area contributed by atoms with Crippen molar-refractivity contribution in [1.82, 2.24) is 14.9 Å². The third-order valence-corrected chi connectivity index (χ3v) is 0.654. The summed E-state index contributed by atoms with van der Waals surface area (Å²) in [6.45, 7) is 0. The van der Waals surface area contributed by atoms with Gasteiger partial charge in [-0.25, -0.2) is 4.98 Å². The van der Waals surface area contributed by atoms with Gasteiger partial charge in [-0.2, -0.15) is 4.79 Å². The standard InChI is InChI=1S/C2H3ClN4/c3-2-5-1-7(4)6-2/h1H,4H2. The van der Waals surface area contributed by atoms with Crippen LogP contribution in [0.15, 0.2) is 6.33 Å². The van der Waals surface area contributed by atoms with Gasteiger partial charge >= 0.3 is 0 Å². The van der Waals surface area contributed by atoms with Gasteiger partial charge in [-0.15, -0.1) is 5.10 Å². The van der Waals surface area contributed by atoms with Crippen molar-refractivity contribution < 1.29 is 0 Å². The fraction of sp³-hybridized carbons (Fsp3) is 0. The molecule has 0 bridgehead atoms. The fourth-order valence-corrected chi connectivity index (χ4v) is 0.385. The van der Waals surface area contributed by atoms with Gasteiger partial charge in [0.2, 0.25) is 5.28 Å². The summed E-state index contributed by atoms with van der Waals surface area (Å²) >= 11 is 5.24. The maximum atomic E-state index is 5.24. The van der Waals surface area contributed by atoms with Crippen molar-refractivity contribution in [1.29, 1.82) is 0 Å². The second-order valence-electron chi connectivity index (χ2n) is 0.994. The molecule has 0 saturated heterocycles. The van der Waals surface area contributed by atoms with Gasteiger partial charge in [0.25, 0.3) is 0 Å². The first-order valence-corrected chi connectivity index (χ1v) is 1.99. The average molecular weight is 119 g/mol. The number of rotatable bonds is 0. The summed E-state index contributed by atoms with van der Waals surface area (Å²) in [6.07, 6.45) is 1.32. The Kier molecular flexibility index (Phi) is 0.867. The molecule has 0 amide bonds. The van der Waals surface area contributed by atoms with Crippen LogP contribution in [-0.4, -0.2) is 14.9 Å². The molecule has 0 fully saturated rings. The zero-order chi connectivity index (χ0) is 5.28. The van der Waals surface area contributed by atoms with Gasteiger partial charge in [0, 0.05) is 0 Å². The van der Waals surface area contributed by atoms with Crippen molar-refractivity contribution in [3.8, 4) is 0 Å². The SMILES string of the molecule is Nn1cnc(Cl)n1. The molecule has 7 heavy (non-hydrogen) atoms. The molecule has 0 aliphatic carbocycles. The minimum absolute atomic E-state index is 0.169. The molecular weight excluding hydrogens is 116 g/mol. The summed E-state index contributed by atoms with van der Waals surface area (Å²) in [7, 11) is 0. The molecule has 0 radical (unpaired) electrons. The van der Waals surface area contributed by atoms with Crippen LogP contribution in [0.5, 0.6) is 0 Å². The maximum absolute atomic E-state index is 5.24. The number of hydrogen-bond donors (Lipinski definition) is 1. The van der Waals surface area contributed by atoms with Crippen molar-refractivity contribution in [3.63, 3.8) is 0 Å². The Morgan fingerprint density at radius 2 is 2.57 bits per heavy atom. The smallest absolute Gasteiger partial charge is 0.244 e. The molecule has 0 atom stereocenters. The minimum atomic E-state index is 0.169. The molecule has 1 rings (SSSR count). The van der Waals surface area contributed by atoms with E-state index in [0.717, 1.165) is 4.79 Å². The van der Waals surface area contributed by atoms with Crippen LogP contribution in [-0.2, 0) is 0 Å². The van der Waals surface area contributed by atoms with Gasteiger partial charge in [0.15, 0.2) is 0 Å². The predicted molar refractivity (Wildman–Crippen MR) is 25.2 cm³/mol. The molecule has 1 aromatic heterocycles. The zero-order valence-electron chi connectivity index (χ0n) is 3.37. The molecule has 2 N–H and O–H groups in total. The van der Waals surface area contributed by atoms with Crippen LogP contribution in [0.4, 0.5) is 0 Å². The molecule has 0 spiro atoms. The molecule has 38 valence electrons. The van der Waals surface area contributed by atoms with Crippen molar-refractivity contribution >= 4 is 11.6 Å². The van der Waals surface area contributed by atoms with Gasteiger partial charge in [-0.3, -0.25) is 0 Å². The Bertz CT molecular complexity index is 142. The zero-order valence-corrected chi connectivity index (χ0v) is 4.13. The largest absolute Gasteiger partial charge is 0.322 e. The van der Waals surface area contributed by atoms with E-state index in [0.29, 0.717) is 0 Å². The van der Waals surface area contributed by atoms with E-state index >= 15 is 0 Å². The van der Waals surface area contributed by atoms with Crippen molar-refractivity contribution in [2.45, 2.75) is 0 Å². The van der Waals surface area contributed by atoms with Gasteiger partial charge in [-0.1, -0.05) is 0 Å². The van der Waals surface area contributed by atoms with Crippen LogP contribution < -0.4 is 5.84 Å². The normalized spacial score (nSPS) is 9.29. The van der Waals surface area contributed by atoms with E-state index in [1.807, 2.05) is 0 Å². The van der Waals surface area contributed by atoms with E-state index < -0.39 is 0 Å². The van der Waals surface area contributed by atoms with Crippen molar-refractivity contribution in [2.75, 3.05) is 5.84 Å². The third kappa shape index (κ3) is 0.806. The summed E-state index contributed by atoms with van der Waals surface area (Å²) in [5.74, 6) is 5.04. The Morgan fingerprint density at radius 3 is 2.71 bits per heavy atom. The first kappa shape index (κ1) is 4.39. The third-order valence-electron chi connectivity index (χ3n) is 0.481. The highest BCUT2D eigenvalue weighted by Gasteiger charge is 1.87. The van der Waals surface area contributed by atoms with Gasteiger partial charge in [0.05, 0.1) is 0 Å². The van der Waals surface area contributed by atoms with E-state index in [4.69, 9.17) is 17.4 Å². The fourth-order valence-electron chi connectivity index (χ4n) is 0.254. The van der Waals surface area contributed by atoms with Crippen LogP contribution >= 0.6 is 11.6 Å². The number of nitrogen functional groups attached to an aromatic ring is 1. The molecule has 0 aliphatic rings. The van der Waals surface area contributed by atoms with Crippen LogP contribution in [0.3, 0.4) is 0 Å². The molecule has 0 aliphatic heterocycles. The molecule has 0 unspecified atom stereocenters. The summed E-state index contributed by atoms with van der Waals surface area (Å²) in [6, 6.07) is 0. The summed E-state index contributed by atoms with van der Waals surface area (Å²) in [5, 5.41) is 3.63. The molecule has 5 heteroatoms. The number of aromatic nitrogens is 3. The Hall–Kier alpha value is -0.770. The highest BCUT2D eigenvalue weighted by molar-refractivity contribution is 6.28. The summed E-state index contributed by atoms with van der Waals surface area (Å²) < 4.78 is 0. The van der Waals surface area contributed by atoms with Gasteiger partial charge in [-0.05, 0) is 11.6 Å². The molecule has 0 saturated carbocycles. The molecule has 4 nitrogen and oxygen atoms in total. The lowest BCUT2D eigenvalue weighted by Gasteiger charge is -1.77.